The van der Waals surface area contributed by atoms with E-state index in [-0.39, 0.29) is 41.8 Å². The number of benzene rings is 2. The maximum absolute atomic E-state index is 14.7. The first-order chi connectivity index (χ1) is 16.8. The van der Waals surface area contributed by atoms with E-state index < -0.39 is 49.8 Å². The third kappa shape index (κ3) is 4.06. The summed E-state index contributed by atoms with van der Waals surface area (Å²) in [6.07, 6.45) is -12.7. The fourth-order valence-electron chi connectivity index (χ4n) is 5.43. The van der Waals surface area contributed by atoms with Crippen molar-refractivity contribution >= 4 is 21.6 Å². The fourth-order valence-corrected chi connectivity index (χ4v) is 8.20. The first-order valence-electron chi connectivity index (χ1n) is 11.2. The molecule has 0 bridgehead atoms. The van der Waals surface area contributed by atoms with Crippen LogP contribution in [0.3, 0.4) is 0 Å². The highest BCUT2D eigenvalue weighted by Gasteiger charge is 2.73. The van der Waals surface area contributed by atoms with Crippen molar-refractivity contribution in [3.63, 3.8) is 0 Å². The predicted molar refractivity (Wildman–Crippen MR) is 121 cm³/mol. The van der Waals surface area contributed by atoms with E-state index >= 15 is 0 Å². The Labute approximate surface area is 214 Å². The van der Waals surface area contributed by atoms with Crippen molar-refractivity contribution in [1.82, 2.24) is 4.42 Å². The number of hydrogen-bond acceptors (Lipinski definition) is 4. The molecule has 1 aliphatic carbocycles. The topological polar surface area (TPSA) is 57.6 Å². The zero-order chi connectivity index (χ0) is 27.8. The largest absolute Gasteiger partial charge is 0.435 e. The van der Waals surface area contributed by atoms with Crippen LogP contribution in [-0.4, -0.2) is 42.9 Å². The molecule has 1 N–H and O–H groups in total. The summed E-state index contributed by atoms with van der Waals surface area (Å²) in [4.78, 5) is -0.153. The van der Waals surface area contributed by atoms with Crippen LogP contribution in [0.5, 0.6) is 0 Å². The van der Waals surface area contributed by atoms with Crippen molar-refractivity contribution in [2.75, 3.05) is 6.54 Å². The van der Waals surface area contributed by atoms with E-state index in [0.717, 1.165) is 6.07 Å². The van der Waals surface area contributed by atoms with Crippen LogP contribution in [0.1, 0.15) is 48.9 Å². The standard InChI is InChI=1S/C24H23ClF7NO3S/c1-20(2,34)15-4-7-17(8-5-15)37(35,36)21-11-12-33(25)19(21)10-3-14-13-16(6-9-18(14)21)22(26,23(27,28)29)24(30,31)32/h4-9,13,19,34H,3,10-12H2,1-2H3. The van der Waals surface area contributed by atoms with Gasteiger partial charge >= 0.3 is 18.0 Å². The van der Waals surface area contributed by atoms with Crippen LogP contribution in [0.25, 0.3) is 0 Å². The number of rotatable bonds is 4. The first kappa shape index (κ1) is 28.1. The summed E-state index contributed by atoms with van der Waals surface area (Å²) in [5.41, 5.74) is -8.24. The number of aliphatic hydroxyl groups is 1. The molecule has 2 aliphatic rings. The minimum Gasteiger partial charge on any atom is -0.386 e. The summed E-state index contributed by atoms with van der Waals surface area (Å²) in [5, 5.41) is 10.2. The Balaban J connectivity index is 1.91. The van der Waals surface area contributed by atoms with E-state index in [9.17, 15) is 44.3 Å². The van der Waals surface area contributed by atoms with Gasteiger partial charge in [0, 0.05) is 18.2 Å². The molecule has 1 heterocycles. The molecule has 1 saturated heterocycles. The Morgan fingerprint density at radius 2 is 1.49 bits per heavy atom. The lowest BCUT2D eigenvalue weighted by Crippen LogP contribution is -2.51. The molecule has 0 saturated carbocycles. The van der Waals surface area contributed by atoms with Crippen molar-refractivity contribution in [3.8, 4) is 0 Å². The number of fused-ring (bicyclic) bond motifs is 3. The lowest BCUT2D eigenvalue weighted by molar-refractivity contribution is -0.348. The fraction of sp³-hybridized carbons (Fsp3) is 0.500. The zero-order valence-corrected chi connectivity index (χ0v) is 21.2. The van der Waals surface area contributed by atoms with Crippen LogP contribution in [0.4, 0.5) is 30.7 Å². The van der Waals surface area contributed by atoms with Crippen LogP contribution >= 0.6 is 11.8 Å². The molecule has 0 amide bonds. The lowest BCUT2D eigenvalue weighted by atomic mass is 9.77. The number of aryl methyl sites for hydroxylation is 1. The van der Waals surface area contributed by atoms with Gasteiger partial charge in [0.2, 0.25) is 0 Å². The maximum Gasteiger partial charge on any atom is 0.435 e. The van der Waals surface area contributed by atoms with Gasteiger partial charge in [-0.25, -0.2) is 17.2 Å². The molecule has 2 aromatic rings. The quantitative estimate of drug-likeness (QED) is 0.358. The average Bonchev–Trinajstić information content (AvgIpc) is 3.14. The molecule has 0 spiro atoms. The van der Waals surface area contributed by atoms with Gasteiger partial charge in [-0.3, -0.25) is 0 Å². The molecule has 0 radical (unpaired) electrons. The van der Waals surface area contributed by atoms with Crippen molar-refractivity contribution < 1.29 is 44.3 Å². The van der Waals surface area contributed by atoms with Crippen LogP contribution < -0.4 is 0 Å². The molecule has 37 heavy (non-hydrogen) atoms. The van der Waals surface area contributed by atoms with E-state index in [0.29, 0.717) is 17.7 Å². The van der Waals surface area contributed by atoms with Gasteiger partial charge < -0.3 is 5.11 Å². The number of hydrogen-bond donors (Lipinski definition) is 1. The van der Waals surface area contributed by atoms with Crippen LogP contribution in [0, 0.1) is 0 Å². The van der Waals surface area contributed by atoms with Crippen molar-refractivity contribution in [1.29, 1.82) is 0 Å². The summed E-state index contributed by atoms with van der Waals surface area (Å²) < 4.78 is 123. The van der Waals surface area contributed by atoms with Crippen LogP contribution in [0.15, 0.2) is 47.4 Å². The number of halogens is 8. The summed E-state index contributed by atoms with van der Waals surface area (Å²) in [6.45, 7) is 3.11. The van der Waals surface area contributed by atoms with E-state index in [4.69, 9.17) is 11.8 Å². The van der Waals surface area contributed by atoms with Crippen molar-refractivity contribution in [2.24, 2.45) is 0 Å². The second-order valence-corrected chi connectivity index (χ2v) is 12.6. The van der Waals surface area contributed by atoms with Gasteiger partial charge in [-0.1, -0.05) is 30.3 Å². The molecule has 1 aliphatic heterocycles. The molecule has 0 aromatic heterocycles. The second kappa shape index (κ2) is 8.56. The van der Waals surface area contributed by atoms with E-state index in [1.807, 2.05) is 0 Å². The minimum atomic E-state index is -6.29. The van der Waals surface area contributed by atoms with Gasteiger partial charge in [-0.2, -0.15) is 26.3 Å². The average molecular weight is 574 g/mol. The highest BCUT2D eigenvalue weighted by molar-refractivity contribution is 7.92. The van der Waals surface area contributed by atoms with Gasteiger partial charge in [-0.15, -0.1) is 0 Å². The van der Waals surface area contributed by atoms with E-state index in [1.54, 1.807) is 0 Å². The summed E-state index contributed by atoms with van der Waals surface area (Å²) >= 11 is 6.32. The zero-order valence-electron chi connectivity index (χ0n) is 19.6. The number of sulfone groups is 1. The van der Waals surface area contributed by atoms with Gasteiger partial charge in [0.05, 0.1) is 10.5 Å². The second-order valence-electron chi connectivity index (χ2n) is 9.93. The smallest absolute Gasteiger partial charge is 0.386 e. The number of nitrogens with zero attached hydrogens (tertiary/aromatic N) is 1. The monoisotopic (exact) mass is 573 g/mol. The normalized spacial score (nSPS) is 23.6. The highest BCUT2D eigenvalue weighted by Crippen LogP contribution is 2.56. The predicted octanol–water partition coefficient (Wildman–Crippen LogP) is 6.05. The van der Waals surface area contributed by atoms with Crippen molar-refractivity contribution in [3.05, 3.63) is 64.7 Å². The lowest BCUT2D eigenvalue weighted by Gasteiger charge is -2.42. The van der Waals surface area contributed by atoms with Gasteiger partial charge in [-0.05, 0) is 73.7 Å². The molecule has 4 nitrogen and oxygen atoms in total. The van der Waals surface area contributed by atoms with E-state index in [2.05, 4.69) is 0 Å². The molecule has 4 rings (SSSR count). The molecular weight excluding hydrogens is 551 g/mol. The van der Waals surface area contributed by atoms with Gasteiger partial charge in [0.15, 0.2) is 9.84 Å². The first-order valence-corrected chi connectivity index (χ1v) is 13.1. The van der Waals surface area contributed by atoms with Gasteiger partial charge in [0.25, 0.3) is 0 Å². The molecule has 1 fully saturated rings. The van der Waals surface area contributed by atoms with Crippen LogP contribution in [0.2, 0.25) is 0 Å². The molecular formula is C24H23ClF7NO3S. The van der Waals surface area contributed by atoms with E-state index in [1.165, 1.54) is 42.5 Å². The van der Waals surface area contributed by atoms with Crippen LogP contribution in [-0.2, 0) is 32.3 Å². The molecule has 13 heteroatoms. The summed E-state index contributed by atoms with van der Waals surface area (Å²) in [5.74, 6) is 0. The minimum absolute atomic E-state index is 0.00564. The molecule has 2 atom stereocenters. The Hall–Kier alpha value is -1.89. The Morgan fingerprint density at radius 3 is 2.00 bits per heavy atom. The SMILES string of the molecule is CC(C)(O)c1ccc(S(=O)(=O)C23CCN(Cl)C2CCc2cc(C(F)(C(F)(F)F)C(F)(F)F)ccc23)cc1. The summed E-state index contributed by atoms with van der Waals surface area (Å²) in [7, 11) is -4.32. The Kier molecular flexibility index (Phi) is 6.50. The molecule has 2 unspecified atom stereocenters. The summed E-state index contributed by atoms with van der Waals surface area (Å²) in [6, 6.07) is 6.26. The van der Waals surface area contributed by atoms with Crippen molar-refractivity contribution in [2.45, 2.75) is 72.4 Å². The maximum atomic E-state index is 14.7. The number of alkyl halides is 7. The third-order valence-corrected chi connectivity index (χ3v) is 10.3. The Bertz CT molecular complexity index is 1290. The highest BCUT2D eigenvalue weighted by atomic mass is 35.5. The Morgan fingerprint density at radius 1 is 0.946 bits per heavy atom. The third-order valence-electron chi connectivity index (χ3n) is 7.35. The molecule has 2 aromatic carbocycles. The van der Waals surface area contributed by atoms with Gasteiger partial charge in [0.1, 0.15) is 4.75 Å². The molecule has 204 valence electrons.